The molecule has 2 rings (SSSR count). The summed E-state index contributed by atoms with van der Waals surface area (Å²) in [4.78, 5) is 0. The van der Waals surface area contributed by atoms with Gasteiger partial charge in [0.1, 0.15) is 24.7 Å². The molecule has 0 aliphatic heterocycles. The number of ether oxygens (including phenoxy) is 2. The van der Waals surface area contributed by atoms with Crippen molar-refractivity contribution in [1.29, 1.82) is 0 Å². The van der Waals surface area contributed by atoms with Crippen LogP contribution >= 0.6 is 23.2 Å². The molecule has 0 saturated heterocycles. The highest BCUT2D eigenvalue weighted by Gasteiger charge is 2.09. The Labute approximate surface area is 133 Å². The second kappa shape index (κ2) is 7.57. The Hall–Kier alpha value is -1.40. The van der Waals surface area contributed by atoms with E-state index >= 15 is 0 Å². The summed E-state index contributed by atoms with van der Waals surface area (Å²) in [5.41, 5.74) is 0.409. The van der Waals surface area contributed by atoms with Crippen LogP contribution in [0.3, 0.4) is 0 Å². The molecule has 2 N–H and O–H groups in total. The number of hydrogen-bond donors (Lipinski definition) is 2. The van der Waals surface area contributed by atoms with Gasteiger partial charge in [-0.3, -0.25) is 0 Å². The summed E-state index contributed by atoms with van der Waals surface area (Å²) in [6, 6.07) is 11.4. The molecule has 0 fully saturated rings. The van der Waals surface area contributed by atoms with Crippen molar-refractivity contribution in [1.82, 2.24) is 0 Å². The largest absolute Gasteiger partial charge is 0.490 e. The molecule has 0 spiro atoms. The summed E-state index contributed by atoms with van der Waals surface area (Å²) in [5, 5.41) is 19.0. The Kier molecular flexibility index (Phi) is 5.76. The first kappa shape index (κ1) is 16.0. The summed E-state index contributed by atoms with van der Waals surface area (Å²) >= 11 is 11.7. The second-order valence-corrected chi connectivity index (χ2v) is 5.12. The lowest BCUT2D eigenvalue weighted by Crippen LogP contribution is -2.29. The van der Waals surface area contributed by atoms with Gasteiger partial charge in [-0.15, -0.1) is 0 Å². The monoisotopic (exact) mass is 326 g/mol. The van der Waals surface area contributed by atoms with Gasteiger partial charge in [0, 0.05) is 10.0 Å². The van der Waals surface area contributed by atoms with Crippen molar-refractivity contribution < 1.29 is 19.5 Å². The van der Waals surface area contributed by atoms with Crippen LogP contribution < -0.4 is 14.9 Å². The first-order chi connectivity index (χ1) is 10.0. The second-order valence-electron chi connectivity index (χ2n) is 4.24. The Balaban J connectivity index is 1.79. The van der Waals surface area contributed by atoms with Crippen molar-refractivity contribution in [3.05, 3.63) is 52.5 Å². The summed E-state index contributed by atoms with van der Waals surface area (Å²) in [7, 11) is -1.48. The van der Waals surface area contributed by atoms with Gasteiger partial charge in [-0.25, -0.2) is 0 Å². The van der Waals surface area contributed by atoms with Crippen molar-refractivity contribution in [2.75, 3.05) is 13.2 Å². The Morgan fingerprint density at radius 1 is 0.810 bits per heavy atom. The first-order valence-corrected chi connectivity index (χ1v) is 6.98. The van der Waals surface area contributed by atoms with Gasteiger partial charge in [0.05, 0.1) is 0 Å². The SMILES string of the molecule is OB(O)c1ccc(OCCOc2cc(Cl)cc(Cl)c2)cc1. The van der Waals surface area contributed by atoms with Crippen LogP contribution in [0.15, 0.2) is 42.5 Å². The molecule has 0 unspecified atom stereocenters. The molecular weight excluding hydrogens is 314 g/mol. The van der Waals surface area contributed by atoms with Crippen molar-refractivity contribution >= 4 is 35.8 Å². The maximum atomic E-state index is 8.97. The van der Waals surface area contributed by atoms with Gasteiger partial charge in [-0.2, -0.15) is 0 Å². The molecule has 7 heteroatoms. The minimum atomic E-state index is -1.48. The van der Waals surface area contributed by atoms with Gasteiger partial charge in [0.25, 0.3) is 0 Å². The van der Waals surface area contributed by atoms with Gasteiger partial charge in [-0.1, -0.05) is 35.3 Å². The molecule has 0 atom stereocenters. The lowest BCUT2D eigenvalue weighted by Gasteiger charge is -2.09. The molecule has 0 radical (unpaired) electrons. The zero-order valence-electron chi connectivity index (χ0n) is 11.0. The van der Waals surface area contributed by atoms with E-state index in [2.05, 4.69) is 0 Å². The fourth-order valence-electron chi connectivity index (χ4n) is 1.67. The smallest absolute Gasteiger partial charge is 0.488 e. The molecule has 0 amide bonds. The summed E-state index contributed by atoms with van der Waals surface area (Å²) in [6.45, 7) is 0.673. The van der Waals surface area contributed by atoms with Gasteiger partial charge >= 0.3 is 7.12 Å². The minimum Gasteiger partial charge on any atom is -0.490 e. The number of hydrogen-bond acceptors (Lipinski definition) is 4. The highest BCUT2D eigenvalue weighted by molar-refractivity contribution is 6.58. The predicted octanol–water partition coefficient (Wildman–Crippen LogP) is 2.13. The fraction of sp³-hybridized carbons (Fsp3) is 0.143. The zero-order valence-corrected chi connectivity index (χ0v) is 12.5. The lowest BCUT2D eigenvalue weighted by atomic mass is 9.80. The van der Waals surface area contributed by atoms with Crippen molar-refractivity contribution in [3.63, 3.8) is 0 Å². The molecule has 0 heterocycles. The van der Waals surface area contributed by atoms with E-state index in [9.17, 15) is 0 Å². The summed E-state index contributed by atoms with van der Waals surface area (Å²) < 4.78 is 10.9. The van der Waals surface area contributed by atoms with Crippen LogP contribution in [-0.4, -0.2) is 30.4 Å². The fourth-order valence-corrected chi connectivity index (χ4v) is 2.17. The van der Waals surface area contributed by atoms with Crippen molar-refractivity contribution in [3.8, 4) is 11.5 Å². The average molecular weight is 327 g/mol. The van der Waals surface area contributed by atoms with E-state index in [0.29, 0.717) is 40.2 Å². The van der Waals surface area contributed by atoms with Crippen LogP contribution in [0.5, 0.6) is 11.5 Å². The van der Waals surface area contributed by atoms with Crippen LogP contribution in [0.4, 0.5) is 0 Å². The van der Waals surface area contributed by atoms with Crippen LogP contribution in [0.25, 0.3) is 0 Å². The van der Waals surface area contributed by atoms with E-state index in [-0.39, 0.29) is 0 Å². The summed E-state index contributed by atoms with van der Waals surface area (Å²) in [6.07, 6.45) is 0. The van der Waals surface area contributed by atoms with Gasteiger partial charge in [-0.05, 0) is 35.8 Å². The molecular formula is C14H13BCl2O4. The normalized spacial score (nSPS) is 10.3. The third-order valence-electron chi connectivity index (χ3n) is 2.64. The van der Waals surface area contributed by atoms with Crippen LogP contribution in [0, 0.1) is 0 Å². The quantitative estimate of drug-likeness (QED) is 0.630. The van der Waals surface area contributed by atoms with E-state index in [1.165, 1.54) is 0 Å². The minimum absolute atomic E-state index is 0.334. The standard InChI is InChI=1S/C14H13BCl2O4/c16-11-7-12(17)9-14(8-11)21-6-5-20-13-3-1-10(2-4-13)15(18)19/h1-4,7-9,18-19H,5-6H2. The van der Waals surface area contributed by atoms with Crippen molar-refractivity contribution in [2.45, 2.75) is 0 Å². The molecule has 0 aromatic heterocycles. The van der Waals surface area contributed by atoms with Crippen molar-refractivity contribution in [2.24, 2.45) is 0 Å². The molecule has 0 aliphatic carbocycles. The molecule has 4 nitrogen and oxygen atoms in total. The van der Waals surface area contributed by atoms with E-state index in [1.54, 1.807) is 42.5 Å². The Morgan fingerprint density at radius 2 is 1.33 bits per heavy atom. The molecule has 2 aromatic rings. The molecule has 2 aromatic carbocycles. The van der Waals surface area contributed by atoms with Crippen LogP contribution in [-0.2, 0) is 0 Å². The van der Waals surface area contributed by atoms with E-state index in [0.717, 1.165) is 0 Å². The lowest BCUT2D eigenvalue weighted by molar-refractivity contribution is 0.217. The number of rotatable bonds is 6. The average Bonchev–Trinajstić information content (AvgIpc) is 2.43. The topological polar surface area (TPSA) is 58.9 Å². The van der Waals surface area contributed by atoms with E-state index in [1.807, 2.05) is 0 Å². The third-order valence-corrected chi connectivity index (χ3v) is 3.07. The molecule has 0 bridgehead atoms. The molecule has 21 heavy (non-hydrogen) atoms. The van der Waals surface area contributed by atoms with E-state index < -0.39 is 7.12 Å². The highest BCUT2D eigenvalue weighted by atomic mass is 35.5. The molecule has 0 aliphatic rings. The maximum Gasteiger partial charge on any atom is 0.488 e. The first-order valence-electron chi connectivity index (χ1n) is 6.22. The van der Waals surface area contributed by atoms with Gasteiger partial charge in [0.15, 0.2) is 0 Å². The molecule has 0 saturated carbocycles. The maximum absolute atomic E-state index is 8.97. The predicted molar refractivity (Wildman–Crippen MR) is 83.7 cm³/mol. The van der Waals surface area contributed by atoms with Gasteiger partial charge in [0.2, 0.25) is 0 Å². The molecule has 110 valence electrons. The van der Waals surface area contributed by atoms with Crippen LogP contribution in [0.1, 0.15) is 0 Å². The summed E-state index contributed by atoms with van der Waals surface area (Å²) in [5.74, 6) is 1.20. The number of benzene rings is 2. The highest BCUT2D eigenvalue weighted by Crippen LogP contribution is 2.24. The number of halogens is 2. The van der Waals surface area contributed by atoms with E-state index in [4.69, 9.17) is 42.7 Å². The van der Waals surface area contributed by atoms with Gasteiger partial charge < -0.3 is 19.5 Å². The van der Waals surface area contributed by atoms with Crippen LogP contribution in [0.2, 0.25) is 10.0 Å². The zero-order chi connectivity index (χ0) is 15.2. The Bertz CT molecular complexity index is 570. The Morgan fingerprint density at radius 3 is 1.86 bits per heavy atom. The third kappa shape index (κ3) is 5.14.